The first-order valence-electron chi connectivity index (χ1n) is 2.68. The Morgan fingerprint density at radius 2 is 2.45 bits per heavy atom. The Labute approximate surface area is 75.1 Å². The molecule has 0 unspecified atom stereocenters. The number of carbonyl (C=O) groups excluding carboxylic acids is 1. The zero-order chi connectivity index (χ0) is 8.43. The van der Waals surface area contributed by atoms with Gasteiger partial charge >= 0.3 is 5.97 Å². The molecule has 0 bridgehead atoms. The summed E-state index contributed by atoms with van der Waals surface area (Å²) in [6.45, 7) is 0. The van der Waals surface area contributed by atoms with Crippen LogP contribution in [0.2, 0.25) is 0 Å². The van der Waals surface area contributed by atoms with Gasteiger partial charge in [0.2, 0.25) is 0 Å². The summed E-state index contributed by atoms with van der Waals surface area (Å²) in [5.41, 5.74) is -0.0237. The maximum atomic E-state index is 12.7. The highest BCUT2D eigenvalue weighted by atomic mass is 79.9. The maximum Gasteiger partial charge on any atom is 0.341 e. The Bertz CT molecular complexity index is 284. The van der Waals surface area contributed by atoms with E-state index in [1.54, 1.807) is 0 Å². The molecule has 0 aliphatic heterocycles. The summed E-state index contributed by atoms with van der Waals surface area (Å²) in [6.07, 6.45) is 0. The quantitative estimate of drug-likeness (QED) is 0.703. The highest BCUT2D eigenvalue weighted by molar-refractivity contribution is 9.11. The van der Waals surface area contributed by atoms with Crippen LogP contribution in [0, 0.1) is 5.13 Å². The lowest BCUT2D eigenvalue weighted by atomic mass is 10.3. The largest absolute Gasteiger partial charge is 0.465 e. The van der Waals surface area contributed by atoms with Gasteiger partial charge in [-0.1, -0.05) is 11.3 Å². The van der Waals surface area contributed by atoms with E-state index >= 15 is 0 Å². The monoisotopic (exact) mass is 238 g/mol. The average Bonchev–Trinajstić information content (AvgIpc) is 2.28. The molecule has 0 fully saturated rings. The standard InChI is InChI=1S/C6H4BrFO2S/c1-10-6(9)3-2-4(7)11-5(3)8/h2H,1H3. The average molecular weight is 239 g/mol. The lowest BCUT2D eigenvalue weighted by molar-refractivity contribution is 0.0597. The molecule has 0 radical (unpaired) electrons. The van der Waals surface area contributed by atoms with Crippen molar-refractivity contribution >= 4 is 33.2 Å². The maximum absolute atomic E-state index is 12.7. The molecule has 0 saturated heterocycles. The third kappa shape index (κ3) is 1.78. The first-order valence-corrected chi connectivity index (χ1v) is 4.29. The van der Waals surface area contributed by atoms with Crippen molar-refractivity contribution in [3.05, 3.63) is 20.5 Å². The lowest BCUT2D eigenvalue weighted by Crippen LogP contribution is -2.00. The number of esters is 1. The molecule has 0 aromatic carbocycles. The number of carbonyl (C=O) groups is 1. The topological polar surface area (TPSA) is 26.3 Å². The summed E-state index contributed by atoms with van der Waals surface area (Å²) in [5, 5.41) is -0.524. The molecule has 0 saturated carbocycles. The van der Waals surface area contributed by atoms with E-state index in [0.29, 0.717) is 3.79 Å². The van der Waals surface area contributed by atoms with Gasteiger partial charge in [-0.15, -0.1) is 0 Å². The van der Waals surface area contributed by atoms with Crippen molar-refractivity contribution in [1.29, 1.82) is 0 Å². The molecule has 1 rings (SSSR count). The van der Waals surface area contributed by atoms with E-state index in [2.05, 4.69) is 20.7 Å². The van der Waals surface area contributed by atoms with Crippen molar-refractivity contribution in [1.82, 2.24) is 0 Å². The zero-order valence-corrected chi connectivity index (χ0v) is 7.96. The molecule has 5 heteroatoms. The predicted octanol–water partition coefficient (Wildman–Crippen LogP) is 2.44. The molecule has 0 aliphatic rings. The van der Waals surface area contributed by atoms with Gasteiger partial charge in [0.15, 0.2) is 5.13 Å². The van der Waals surface area contributed by atoms with Gasteiger partial charge in [0.25, 0.3) is 0 Å². The van der Waals surface area contributed by atoms with E-state index in [0.717, 1.165) is 11.3 Å². The van der Waals surface area contributed by atoms with E-state index in [1.165, 1.54) is 13.2 Å². The Balaban J connectivity index is 3.03. The van der Waals surface area contributed by atoms with E-state index in [4.69, 9.17) is 0 Å². The van der Waals surface area contributed by atoms with E-state index in [1.807, 2.05) is 0 Å². The minimum atomic E-state index is -0.649. The summed E-state index contributed by atoms with van der Waals surface area (Å²) in [4.78, 5) is 10.8. The summed E-state index contributed by atoms with van der Waals surface area (Å²) in [7, 11) is 1.22. The molecule has 11 heavy (non-hydrogen) atoms. The Hall–Kier alpha value is -0.420. The fraction of sp³-hybridized carbons (Fsp3) is 0.167. The highest BCUT2D eigenvalue weighted by Crippen LogP contribution is 2.25. The van der Waals surface area contributed by atoms with Crippen LogP contribution in [0.15, 0.2) is 9.85 Å². The molecule has 1 aromatic heterocycles. The number of thiophene rings is 1. The summed E-state index contributed by atoms with van der Waals surface area (Å²) in [5.74, 6) is -0.649. The second kappa shape index (κ2) is 3.32. The molecular formula is C6H4BrFO2S. The van der Waals surface area contributed by atoms with Gasteiger partial charge in [0.05, 0.1) is 10.9 Å². The van der Waals surface area contributed by atoms with Gasteiger partial charge in [0.1, 0.15) is 5.56 Å². The van der Waals surface area contributed by atoms with Crippen LogP contribution in [0.1, 0.15) is 10.4 Å². The zero-order valence-electron chi connectivity index (χ0n) is 5.56. The van der Waals surface area contributed by atoms with Gasteiger partial charge in [0, 0.05) is 0 Å². The molecule has 2 nitrogen and oxygen atoms in total. The van der Waals surface area contributed by atoms with E-state index in [9.17, 15) is 9.18 Å². The number of halogens is 2. The van der Waals surface area contributed by atoms with Crippen LogP contribution in [0.25, 0.3) is 0 Å². The third-order valence-corrected chi connectivity index (χ3v) is 2.49. The second-order valence-corrected chi connectivity index (χ2v) is 4.11. The first-order chi connectivity index (χ1) is 5.15. The smallest absolute Gasteiger partial charge is 0.341 e. The molecule has 0 aliphatic carbocycles. The minimum Gasteiger partial charge on any atom is -0.465 e. The number of hydrogen-bond acceptors (Lipinski definition) is 3. The fourth-order valence-electron chi connectivity index (χ4n) is 0.589. The van der Waals surface area contributed by atoms with Crippen molar-refractivity contribution < 1.29 is 13.9 Å². The Morgan fingerprint density at radius 1 is 1.82 bits per heavy atom. The normalized spacial score (nSPS) is 9.73. The lowest BCUT2D eigenvalue weighted by Gasteiger charge is -1.92. The van der Waals surface area contributed by atoms with Crippen molar-refractivity contribution in [3.63, 3.8) is 0 Å². The van der Waals surface area contributed by atoms with Gasteiger partial charge in [-0.3, -0.25) is 0 Å². The van der Waals surface area contributed by atoms with Crippen molar-refractivity contribution in [3.8, 4) is 0 Å². The van der Waals surface area contributed by atoms with Gasteiger partial charge in [-0.2, -0.15) is 4.39 Å². The van der Waals surface area contributed by atoms with Gasteiger partial charge in [-0.05, 0) is 22.0 Å². The van der Waals surface area contributed by atoms with Crippen molar-refractivity contribution in [2.24, 2.45) is 0 Å². The molecule has 1 heterocycles. The SMILES string of the molecule is COC(=O)c1cc(Br)sc1F. The third-order valence-electron chi connectivity index (χ3n) is 1.06. The number of ether oxygens (including phenoxy) is 1. The molecule has 0 atom stereocenters. The minimum absolute atomic E-state index is 0.0237. The van der Waals surface area contributed by atoms with Crippen LogP contribution >= 0.6 is 27.3 Å². The van der Waals surface area contributed by atoms with Gasteiger partial charge < -0.3 is 4.74 Å². The molecule has 0 spiro atoms. The molecule has 60 valence electrons. The molecule has 1 aromatic rings. The number of methoxy groups -OCH3 is 1. The number of rotatable bonds is 1. The highest BCUT2D eigenvalue weighted by Gasteiger charge is 2.14. The fourth-order valence-corrected chi connectivity index (χ4v) is 1.84. The summed E-state index contributed by atoms with van der Waals surface area (Å²) < 4.78 is 17.7. The summed E-state index contributed by atoms with van der Waals surface area (Å²) >= 11 is 3.91. The second-order valence-electron chi connectivity index (χ2n) is 1.73. The van der Waals surface area contributed by atoms with Crippen LogP contribution in [0.4, 0.5) is 4.39 Å². The molecule has 0 amide bonds. The summed E-state index contributed by atoms with van der Waals surface area (Å²) in [6, 6.07) is 1.39. The van der Waals surface area contributed by atoms with Crippen LogP contribution in [0.5, 0.6) is 0 Å². The Morgan fingerprint density at radius 3 is 2.82 bits per heavy atom. The predicted molar refractivity (Wildman–Crippen MR) is 43.3 cm³/mol. The molecular weight excluding hydrogens is 235 g/mol. The first kappa shape index (κ1) is 8.67. The van der Waals surface area contributed by atoms with E-state index < -0.39 is 11.1 Å². The van der Waals surface area contributed by atoms with E-state index in [-0.39, 0.29) is 5.56 Å². The van der Waals surface area contributed by atoms with Gasteiger partial charge in [-0.25, -0.2) is 4.79 Å². The van der Waals surface area contributed by atoms with Crippen LogP contribution in [0.3, 0.4) is 0 Å². The van der Waals surface area contributed by atoms with Crippen LogP contribution in [-0.2, 0) is 4.74 Å². The van der Waals surface area contributed by atoms with Crippen molar-refractivity contribution in [2.75, 3.05) is 7.11 Å². The van der Waals surface area contributed by atoms with Crippen LogP contribution in [-0.4, -0.2) is 13.1 Å². The van der Waals surface area contributed by atoms with Crippen molar-refractivity contribution in [2.45, 2.75) is 0 Å². The molecule has 0 N–H and O–H groups in total. The Kier molecular flexibility index (Phi) is 2.62. The number of hydrogen-bond donors (Lipinski definition) is 0. The van der Waals surface area contributed by atoms with Crippen LogP contribution < -0.4 is 0 Å².